The number of nitrogens with zero attached hydrogens (tertiary/aromatic N) is 1. The van der Waals surface area contributed by atoms with Crippen molar-refractivity contribution in [2.75, 3.05) is 26.2 Å². The topological polar surface area (TPSA) is 135 Å². The Labute approximate surface area is 295 Å². The van der Waals surface area contributed by atoms with Crippen LogP contribution in [0.3, 0.4) is 0 Å². The summed E-state index contributed by atoms with van der Waals surface area (Å²) in [4.78, 5) is 36.9. The van der Waals surface area contributed by atoms with Crippen molar-refractivity contribution in [3.05, 3.63) is 0 Å². The van der Waals surface area contributed by atoms with Gasteiger partial charge in [0, 0.05) is 39.0 Å². The molecule has 0 saturated carbocycles. The first kappa shape index (κ1) is 46.5. The van der Waals surface area contributed by atoms with E-state index >= 15 is 0 Å². The van der Waals surface area contributed by atoms with Crippen LogP contribution >= 0.6 is 0 Å². The predicted molar refractivity (Wildman–Crippen MR) is 201 cm³/mol. The van der Waals surface area contributed by atoms with Gasteiger partial charge in [-0.05, 0) is 89.1 Å². The lowest BCUT2D eigenvalue weighted by molar-refractivity contribution is -0.138. The number of ether oxygens (including phenoxy) is 1. The Morgan fingerprint density at radius 2 is 1.04 bits per heavy atom. The fourth-order valence-corrected chi connectivity index (χ4v) is 7.61. The van der Waals surface area contributed by atoms with Crippen LogP contribution < -0.4 is 5.32 Å². The highest BCUT2D eigenvalue weighted by Crippen LogP contribution is 2.39. The van der Waals surface area contributed by atoms with Crippen molar-refractivity contribution in [2.45, 2.75) is 187 Å². The molecule has 3 N–H and O–H groups in total. The first-order chi connectivity index (χ1) is 21.8. The van der Waals surface area contributed by atoms with Crippen LogP contribution in [0.1, 0.15) is 133 Å². The van der Waals surface area contributed by atoms with Gasteiger partial charge in [-0.25, -0.2) is 4.79 Å². The number of carbonyl (C=O) groups is 3. The Hall–Kier alpha value is -1.48. The molecule has 0 saturated heterocycles. The number of alkyl carbamates (subject to hydrolysis) is 1. The molecule has 0 aliphatic heterocycles. The fourth-order valence-electron chi connectivity index (χ4n) is 4.85. The molecule has 48 heavy (non-hydrogen) atoms. The molecule has 2 atom stereocenters. The number of hydrogen-bond acceptors (Lipinski definition) is 7. The van der Waals surface area contributed by atoms with Gasteiger partial charge in [-0.1, -0.05) is 67.2 Å². The Kier molecular flexibility index (Phi) is 20.4. The lowest BCUT2D eigenvalue weighted by Gasteiger charge is -2.42. The monoisotopic (exact) mass is 718 g/mol. The predicted octanol–water partition coefficient (Wildman–Crippen LogP) is 9.05. The number of aliphatic carboxylic acids is 2. The van der Waals surface area contributed by atoms with Gasteiger partial charge in [0.15, 0.2) is 16.6 Å². The zero-order valence-corrected chi connectivity index (χ0v) is 35.1. The van der Waals surface area contributed by atoms with Gasteiger partial charge in [0.1, 0.15) is 5.60 Å². The molecule has 0 heterocycles. The van der Waals surface area contributed by atoms with E-state index in [4.69, 9.17) is 23.8 Å². The third-order valence-corrected chi connectivity index (χ3v) is 18.7. The number of carboxylic acids is 2. The molecule has 0 radical (unpaired) electrons. The van der Waals surface area contributed by atoms with E-state index in [1.54, 1.807) is 0 Å². The molecule has 0 aromatic heterocycles. The molecule has 0 spiro atoms. The third-order valence-electron chi connectivity index (χ3n) is 9.61. The van der Waals surface area contributed by atoms with Crippen molar-refractivity contribution < 1.29 is 38.2 Å². The van der Waals surface area contributed by atoms with Crippen LogP contribution in [0.2, 0.25) is 36.3 Å². The average molecular weight is 719 g/mol. The maximum Gasteiger partial charge on any atom is 0.407 e. The molecule has 2 unspecified atom stereocenters. The van der Waals surface area contributed by atoms with Crippen LogP contribution in [-0.2, 0) is 23.2 Å². The van der Waals surface area contributed by atoms with Gasteiger partial charge in [0.25, 0.3) is 0 Å². The molecule has 0 fully saturated rings. The van der Waals surface area contributed by atoms with E-state index in [-0.39, 0.29) is 35.1 Å². The van der Waals surface area contributed by atoms with E-state index in [2.05, 4.69) is 77.9 Å². The average Bonchev–Trinajstić information content (AvgIpc) is 2.87. The standard InChI is InChI=1S/C36H74N2O8Si2/c1-34(2,3)44-33(43)37-25-20-26-38(27-29(21-16-14-18-23-31(39)40)45-47(10,11)35(4,5)6)28-30(22-17-15-19-24-32(41)42)46-48(12,13)36(7,8)9/h29-30H,14-28H2,1-13H3,(H,37,43)(H,39,40)(H,41,42). The van der Waals surface area contributed by atoms with Crippen LogP contribution in [0.5, 0.6) is 0 Å². The number of rotatable bonds is 24. The summed E-state index contributed by atoms with van der Waals surface area (Å²) in [5.41, 5.74) is -0.562. The minimum absolute atomic E-state index is 0.0152. The van der Waals surface area contributed by atoms with Crippen molar-refractivity contribution in [3.8, 4) is 0 Å². The van der Waals surface area contributed by atoms with Crippen LogP contribution in [0.4, 0.5) is 4.79 Å². The quantitative estimate of drug-likeness (QED) is 0.0660. The number of carbonyl (C=O) groups excluding carboxylic acids is 1. The molecule has 284 valence electrons. The Bertz CT molecular complexity index is 897. The molecule has 0 aliphatic rings. The molecule has 12 heteroatoms. The number of hydrogen-bond donors (Lipinski definition) is 3. The van der Waals surface area contributed by atoms with E-state index in [9.17, 15) is 14.4 Å². The van der Waals surface area contributed by atoms with Gasteiger partial charge in [-0.2, -0.15) is 0 Å². The van der Waals surface area contributed by atoms with Crippen molar-refractivity contribution in [2.24, 2.45) is 0 Å². The second-order valence-electron chi connectivity index (χ2n) is 17.5. The van der Waals surface area contributed by atoms with E-state index < -0.39 is 40.3 Å². The van der Waals surface area contributed by atoms with Crippen molar-refractivity contribution in [3.63, 3.8) is 0 Å². The van der Waals surface area contributed by atoms with Gasteiger partial charge in [-0.15, -0.1) is 0 Å². The van der Waals surface area contributed by atoms with Crippen LogP contribution in [-0.4, -0.2) is 93.8 Å². The minimum Gasteiger partial charge on any atom is -0.481 e. The lowest BCUT2D eigenvalue weighted by atomic mass is 10.1. The number of amides is 1. The second kappa shape index (κ2) is 21.0. The smallest absolute Gasteiger partial charge is 0.407 e. The summed E-state index contributed by atoms with van der Waals surface area (Å²) in [5.74, 6) is -1.52. The summed E-state index contributed by atoms with van der Waals surface area (Å²) in [6.07, 6.45) is 7.15. The zero-order chi connectivity index (χ0) is 37.4. The number of nitrogens with one attached hydrogen (secondary N) is 1. The van der Waals surface area contributed by atoms with Gasteiger partial charge in [0.2, 0.25) is 0 Å². The highest BCUT2D eigenvalue weighted by Gasteiger charge is 2.41. The first-order valence-corrected chi connectivity index (χ1v) is 24.1. The van der Waals surface area contributed by atoms with Gasteiger partial charge < -0.3 is 29.1 Å². The van der Waals surface area contributed by atoms with Crippen molar-refractivity contribution in [1.29, 1.82) is 0 Å². The molecule has 10 nitrogen and oxygen atoms in total. The van der Waals surface area contributed by atoms with Crippen molar-refractivity contribution in [1.82, 2.24) is 10.2 Å². The van der Waals surface area contributed by atoms with Crippen molar-refractivity contribution >= 4 is 34.7 Å². The molecular weight excluding hydrogens is 645 g/mol. The SMILES string of the molecule is CC(C)(C)OC(=O)NCCCN(CC(CCCCCC(=O)O)O[Si](C)(C)C(C)(C)C)CC(CCCCCC(=O)O)O[Si](C)(C)C(C)(C)C. The summed E-state index contributed by atoms with van der Waals surface area (Å²) in [5, 5.41) is 21.2. The molecule has 0 aromatic rings. The van der Waals surface area contributed by atoms with E-state index in [0.29, 0.717) is 32.5 Å². The normalized spacial score (nSPS) is 14.5. The summed E-state index contributed by atoms with van der Waals surface area (Å²) in [6, 6.07) is 0. The van der Waals surface area contributed by atoms with Gasteiger partial charge in [0.05, 0.1) is 12.2 Å². The molecule has 0 aromatic carbocycles. The van der Waals surface area contributed by atoms with Gasteiger partial charge >= 0.3 is 18.0 Å². The summed E-state index contributed by atoms with van der Waals surface area (Å²) in [6.45, 7) is 30.8. The number of carboxylic acid groups (broad SMARTS) is 2. The van der Waals surface area contributed by atoms with E-state index in [1.807, 2.05) is 20.8 Å². The second-order valence-corrected chi connectivity index (χ2v) is 27.0. The highest BCUT2D eigenvalue weighted by atomic mass is 28.4. The summed E-state index contributed by atoms with van der Waals surface area (Å²) in [7, 11) is -4.21. The fraction of sp³-hybridized carbons (Fsp3) is 0.917. The van der Waals surface area contributed by atoms with Crippen LogP contribution in [0, 0.1) is 0 Å². The maximum atomic E-state index is 12.3. The first-order valence-electron chi connectivity index (χ1n) is 18.2. The molecule has 1 amide bonds. The van der Waals surface area contributed by atoms with E-state index in [0.717, 1.165) is 51.5 Å². The lowest BCUT2D eigenvalue weighted by Crippen LogP contribution is -2.50. The molecular formula is C36H74N2O8Si2. The summed E-state index contributed by atoms with van der Waals surface area (Å²) < 4.78 is 19.5. The van der Waals surface area contributed by atoms with Gasteiger partial charge in [-0.3, -0.25) is 14.5 Å². The Balaban J connectivity index is 6.14. The molecule has 0 aliphatic carbocycles. The van der Waals surface area contributed by atoms with Crippen LogP contribution in [0.25, 0.3) is 0 Å². The maximum absolute atomic E-state index is 12.3. The number of unbranched alkanes of at least 4 members (excludes halogenated alkanes) is 4. The Morgan fingerprint density at radius 1 is 0.646 bits per heavy atom. The summed E-state index contributed by atoms with van der Waals surface area (Å²) >= 11 is 0. The Morgan fingerprint density at radius 3 is 1.38 bits per heavy atom. The van der Waals surface area contributed by atoms with Crippen LogP contribution in [0.15, 0.2) is 0 Å². The highest BCUT2D eigenvalue weighted by molar-refractivity contribution is 6.74. The largest absolute Gasteiger partial charge is 0.481 e. The zero-order valence-electron chi connectivity index (χ0n) is 33.1. The minimum atomic E-state index is -2.11. The molecule has 0 rings (SSSR count). The molecule has 0 bridgehead atoms. The van der Waals surface area contributed by atoms with E-state index in [1.165, 1.54) is 0 Å². The third kappa shape index (κ3) is 21.6.